The molecule has 2 aromatic heterocycles. The Labute approximate surface area is 190 Å². The molecule has 172 valence electrons. The topological polar surface area (TPSA) is 105 Å². The van der Waals surface area contributed by atoms with Gasteiger partial charge in [-0.2, -0.15) is 0 Å². The number of esters is 1. The minimum atomic E-state index is -0.673. The predicted molar refractivity (Wildman–Crippen MR) is 124 cm³/mol. The van der Waals surface area contributed by atoms with Gasteiger partial charge in [0.1, 0.15) is 15.5 Å². The minimum Gasteiger partial charge on any atom is -0.462 e. The monoisotopic (exact) mass is 459 g/mol. The number of nitrogens with zero attached hydrogens (tertiary/aromatic N) is 2. The summed E-state index contributed by atoms with van der Waals surface area (Å²) in [5, 5.41) is 10.8. The second-order valence-electron chi connectivity index (χ2n) is 7.44. The molecule has 3 aromatic rings. The van der Waals surface area contributed by atoms with E-state index in [9.17, 15) is 14.7 Å². The minimum absolute atomic E-state index is 0.234. The first kappa shape index (κ1) is 24.1. The number of ether oxygens (including phenoxy) is 2. The molecule has 1 atom stereocenters. The normalized spacial score (nSPS) is 12.4. The van der Waals surface area contributed by atoms with Gasteiger partial charge in [0.25, 0.3) is 5.56 Å². The lowest BCUT2D eigenvalue weighted by atomic mass is 10.2. The van der Waals surface area contributed by atoms with E-state index in [-0.39, 0.29) is 18.8 Å². The fourth-order valence-corrected chi connectivity index (χ4v) is 4.59. The smallest absolute Gasteiger partial charge is 0.348 e. The molecule has 0 unspecified atom stereocenters. The van der Waals surface area contributed by atoms with Crippen molar-refractivity contribution in [1.82, 2.24) is 14.9 Å². The lowest BCUT2D eigenvalue weighted by Crippen LogP contribution is -2.35. The third-order valence-corrected chi connectivity index (χ3v) is 6.08. The van der Waals surface area contributed by atoms with Crippen LogP contribution in [0.1, 0.15) is 40.5 Å². The maximum Gasteiger partial charge on any atom is 0.348 e. The van der Waals surface area contributed by atoms with Crippen molar-refractivity contribution in [2.24, 2.45) is 0 Å². The van der Waals surface area contributed by atoms with Crippen molar-refractivity contribution < 1.29 is 19.4 Å². The van der Waals surface area contributed by atoms with Crippen LogP contribution >= 0.6 is 11.3 Å². The maximum absolute atomic E-state index is 12.8. The Morgan fingerprint density at radius 3 is 2.66 bits per heavy atom. The summed E-state index contributed by atoms with van der Waals surface area (Å²) in [5.74, 6) is 0.0254. The first-order valence-electron chi connectivity index (χ1n) is 10.6. The molecule has 0 saturated carbocycles. The second-order valence-corrected chi connectivity index (χ2v) is 8.44. The summed E-state index contributed by atoms with van der Waals surface area (Å²) in [6.45, 7) is 7.64. The number of aliphatic hydroxyl groups excluding tert-OH is 1. The zero-order valence-corrected chi connectivity index (χ0v) is 19.4. The van der Waals surface area contributed by atoms with Crippen LogP contribution in [0.15, 0.2) is 35.1 Å². The molecule has 3 rings (SSSR count). The number of hydrogen-bond donors (Lipinski definition) is 2. The van der Waals surface area contributed by atoms with E-state index >= 15 is 0 Å². The standard InChI is InChI=1S/C23H29N3O5S/c1-4-30-14-17(27)12-26(11-16-9-7-6-8-10-16)13-18-24-21(28)19-15(3)20(23(29)31-5-2)32-22(19)25-18/h6-10,17,27H,4-5,11-14H2,1-3H3,(H,24,25,28)/t17-/m1/s1. The summed E-state index contributed by atoms with van der Waals surface area (Å²) in [6.07, 6.45) is -0.673. The number of H-pyrrole nitrogens is 1. The van der Waals surface area contributed by atoms with E-state index in [4.69, 9.17) is 9.47 Å². The summed E-state index contributed by atoms with van der Waals surface area (Å²) in [5.41, 5.74) is 1.37. The molecule has 2 N–H and O–H groups in total. The Morgan fingerprint density at radius 2 is 1.97 bits per heavy atom. The van der Waals surface area contributed by atoms with Gasteiger partial charge in [0.05, 0.1) is 31.2 Å². The summed E-state index contributed by atoms with van der Waals surface area (Å²) in [7, 11) is 0. The van der Waals surface area contributed by atoms with E-state index in [0.717, 1.165) is 16.9 Å². The van der Waals surface area contributed by atoms with Gasteiger partial charge in [-0.05, 0) is 31.9 Å². The van der Waals surface area contributed by atoms with Gasteiger partial charge in [0, 0.05) is 19.7 Å². The van der Waals surface area contributed by atoms with Crippen LogP contribution in [0.2, 0.25) is 0 Å². The zero-order chi connectivity index (χ0) is 23.1. The Hall–Kier alpha value is -2.59. The molecule has 0 saturated heterocycles. The van der Waals surface area contributed by atoms with Gasteiger partial charge < -0.3 is 19.6 Å². The van der Waals surface area contributed by atoms with Crippen LogP contribution in [0.4, 0.5) is 0 Å². The van der Waals surface area contributed by atoms with Gasteiger partial charge in [-0.3, -0.25) is 9.69 Å². The number of carbonyl (C=O) groups is 1. The number of aromatic nitrogens is 2. The van der Waals surface area contributed by atoms with E-state index in [1.807, 2.05) is 42.2 Å². The lowest BCUT2D eigenvalue weighted by molar-refractivity contribution is 0.0175. The molecule has 2 heterocycles. The molecule has 9 heteroatoms. The first-order valence-corrected chi connectivity index (χ1v) is 11.5. The van der Waals surface area contributed by atoms with Crippen molar-refractivity contribution in [3.63, 3.8) is 0 Å². The van der Waals surface area contributed by atoms with Gasteiger partial charge in [-0.25, -0.2) is 9.78 Å². The molecule has 1 aromatic carbocycles. The van der Waals surface area contributed by atoms with Crippen LogP contribution in [0.3, 0.4) is 0 Å². The fraction of sp³-hybridized carbons (Fsp3) is 0.435. The number of nitrogens with one attached hydrogen (secondary N) is 1. The molecule has 0 radical (unpaired) electrons. The van der Waals surface area contributed by atoms with E-state index in [1.54, 1.807) is 13.8 Å². The highest BCUT2D eigenvalue weighted by Crippen LogP contribution is 2.27. The SMILES string of the molecule is CCOC[C@H](O)CN(Cc1ccccc1)Cc1nc2sc(C(=O)OCC)c(C)c2c(=O)[nH]1. The molecule has 0 spiro atoms. The second kappa shape index (κ2) is 11.3. The fourth-order valence-electron chi connectivity index (χ4n) is 3.50. The van der Waals surface area contributed by atoms with E-state index in [1.165, 1.54) is 0 Å². The summed E-state index contributed by atoms with van der Waals surface area (Å²) in [6, 6.07) is 9.89. The third-order valence-electron chi connectivity index (χ3n) is 4.92. The Bertz CT molecular complexity index is 1100. The number of benzene rings is 1. The molecule has 0 fully saturated rings. The van der Waals surface area contributed by atoms with Crippen molar-refractivity contribution in [3.8, 4) is 0 Å². The number of hydrogen-bond acceptors (Lipinski definition) is 8. The molecule has 0 aliphatic heterocycles. The lowest BCUT2D eigenvalue weighted by Gasteiger charge is -2.24. The average molecular weight is 460 g/mol. The summed E-state index contributed by atoms with van der Waals surface area (Å²) in [4.78, 5) is 35.4. The van der Waals surface area contributed by atoms with Gasteiger partial charge >= 0.3 is 5.97 Å². The first-order chi connectivity index (χ1) is 15.4. The van der Waals surface area contributed by atoms with Crippen LogP contribution in [-0.4, -0.2) is 58.4 Å². The number of aliphatic hydroxyl groups is 1. The van der Waals surface area contributed by atoms with Gasteiger partial charge in [0.2, 0.25) is 0 Å². The Balaban J connectivity index is 1.87. The number of rotatable bonds is 11. The number of carbonyl (C=O) groups excluding carboxylic acids is 1. The highest BCUT2D eigenvalue weighted by Gasteiger charge is 2.21. The number of thiophene rings is 1. The largest absolute Gasteiger partial charge is 0.462 e. The molecule has 32 heavy (non-hydrogen) atoms. The summed E-state index contributed by atoms with van der Waals surface area (Å²) < 4.78 is 10.4. The molecule has 0 aliphatic rings. The maximum atomic E-state index is 12.8. The van der Waals surface area contributed by atoms with Gasteiger partial charge in [-0.15, -0.1) is 11.3 Å². The molecular weight excluding hydrogens is 430 g/mol. The highest BCUT2D eigenvalue weighted by atomic mass is 32.1. The quantitative estimate of drug-likeness (QED) is 0.425. The van der Waals surface area contributed by atoms with E-state index in [0.29, 0.717) is 52.7 Å². The van der Waals surface area contributed by atoms with Crippen LogP contribution in [0.25, 0.3) is 10.2 Å². The number of aryl methyl sites for hydroxylation is 1. The number of aromatic amines is 1. The average Bonchev–Trinajstić information content (AvgIpc) is 3.10. The van der Waals surface area contributed by atoms with Gasteiger partial charge in [-0.1, -0.05) is 30.3 Å². The summed E-state index contributed by atoms with van der Waals surface area (Å²) >= 11 is 1.16. The molecule has 0 aliphatic carbocycles. The number of fused-ring (bicyclic) bond motifs is 1. The van der Waals surface area contributed by atoms with Crippen LogP contribution in [-0.2, 0) is 22.6 Å². The van der Waals surface area contributed by atoms with Gasteiger partial charge in [0.15, 0.2) is 0 Å². The van der Waals surface area contributed by atoms with Crippen molar-refractivity contribution >= 4 is 27.5 Å². The van der Waals surface area contributed by atoms with Crippen molar-refractivity contribution in [3.05, 3.63) is 62.5 Å². The Morgan fingerprint density at radius 1 is 1.22 bits per heavy atom. The van der Waals surface area contributed by atoms with Crippen molar-refractivity contribution in [1.29, 1.82) is 0 Å². The van der Waals surface area contributed by atoms with Crippen molar-refractivity contribution in [2.45, 2.75) is 40.0 Å². The molecule has 0 amide bonds. The predicted octanol–water partition coefficient (Wildman–Crippen LogP) is 2.87. The molecule has 8 nitrogen and oxygen atoms in total. The van der Waals surface area contributed by atoms with Crippen LogP contribution < -0.4 is 5.56 Å². The third kappa shape index (κ3) is 6.01. The zero-order valence-electron chi connectivity index (χ0n) is 18.6. The highest BCUT2D eigenvalue weighted by molar-refractivity contribution is 7.20. The Kier molecular flexibility index (Phi) is 8.52. The molecule has 0 bridgehead atoms. The van der Waals surface area contributed by atoms with E-state index in [2.05, 4.69) is 9.97 Å². The van der Waals surface area contributed by atoms with Crippen LogP contribution in [0.5, 0.6) is 0 Å². The molecular formula is C23H29N3O5S. The van der Waals surface area contributed by atoms with E-state index < -0.39 is 12.1 Å². The van der Waals surface area contributed by atoms with Crippen LogP contribution in [0, 0.1) is 6.92 Å². The van der Waals surface area contributed by atoms with Crippen molar-refractivity contribution in [2.75, 3.05) is 26.4 Å².